The predicted octanol–water partition coefficient (Wildman–Crippen LogP) is 5.92. The number of aromatic nitrogens is 1. The summed E-state index contributed by atoms with van der Waals surface area (Å²) in [5, 5.41) is 0. The molecular weight excluding hydrogens is 455 g/mol. The standard InChI is InChI=1S/C27H28F3N3O2/c1-3-33-14-4-5-20(16-33)24-13-8-19(15-32-24)23-12-11-22(17(2)25(23)26(31)34)18-6-9-21(10-7-18)35-27(28,29)30/h6-13,15,20H,3-5,14,16H2,1-2H3,(H2,31,34). The van der Waals surface area contributed by atoms with Crippen molar-refractivity contribution in [2.24, 2.45) is 5.73 Å². The minimum absolute atomic E-state index is 0.308. The third kappa shape index (κ3) is 5.65. The van der Waals surface area contributed by atoms with E-state index in [2.05, 4.69) is 16.6 Å². The van der Waals surface area contributed by atoms with Gasteiger partial charge in [-0.15, -0.1) is 13.2 Å². The Labute approximate surface area is 202 Å². The summed E-state index contributed by atoms with van der Waals surface area (Å²) in [4.78, 5) is 19.6. The van der Waals surface area contributed by atoms with Gasteiger partial charge in [-0.05, 0) is 73.3 Å². The van der Waals surface area contributed by atoms with E-state index < -0.39 is 12.3 Å². The molecule has 1 saturated heterocycles. The zero-order chi connectivity index (χ0) is 25.2. The van der Waals surface area contributed by atoms with E-state index in [0.717, 1.165) is 43.7 Å². The monoisotopic (exact) mass is 483 g/mol. The van der Waals surface area contributed by atoms with Crippen LogP contribution in [-0.2, 0) is 0 Å². The highest BCUT2D eigenvalue weighted by molar-refractivity contribution is 6.03. The molecule has 0 saturated carbocycles. The van der Waals surface area contributed by atoms with Crippen LogP contribution in [0.3, 0.4) is 0 Å². The number of primary amides is 1. The number of hydrogen-bond acceptors (Lipinski definition) is 4. The molecule has 0 spiro atoms. The van der Waals surface area contributed by atoms with Crippen molar-refractivity contribution in [2.45, 2.75) is 39.0 Å². The molecule has 0 bridgehead atoms. The van der Waals surface area contributed by atoms with E-state index in [1.54, 1.807) is 19.2 Å². The first-order valence-electron chi connectivity index (χ1n) is 11.6. The lowest BCUT2D eigenvalue weighted by Crippen LogP contribution is -2.34. The van der Waals surface area contributed by atoms with Gasteiger partial charge in [0.25, 0.3) is 0 Å². The van der Waals surface area contributed by atoms with Crippen LogP contribution in [0.5, 0.6) is 5.75 Å². The van der Waals surface area contributed by atoms with E-state index in [1.165, 1.54) is 24.3 Å². The van der Waals surface area contributed by atoms with Crippen LogP contribution < -0.4 is 10.5 Å². The van der Waals surface area contributed by atoms with Crippen LogP contribution >= 0.6 is 0 Å². The lowest BCUT2D eigenvalue weighted by atomic mass is 9.89. The normalized spacial score (nSPS) is 16.8. The Hall–Kier alpha value is -3.39. The second kappa shape index (κ2) is 10.1. The van der Waals surface area contributed by atoms with Gasteiger partial charge in [-0.1, -0.05) is 37.3 Å². The molecule has 8 heteroatoms. The number of likely N-dealkylation sites (tertiary alicyclic amines) is 1. The third-order valence-corrected chi connectivity index (χ3v) is 6.58. The Balaban J connectivity index is 1.63. The smallest absolute Gasteiger partial charge is 0.406 e. The topological polar surface area (TPSA) is 68.5 Å². The molecule has 0 aliphatic carbocycles. The van der Waals surface area contributed by atoms with Crippen LogP contribution in [0.2, 0.25) is 0 Å². The highest BCUT2D eigenvalue weighted by Crippen LogP contribution is 2.35. The number of pyridine rings is 1. The van der Waals surface area contributed by atoms with Crippen molar-refractivity contribution in [3.8, 4) is 28.0 Å². The number of likely N-dealkylation sites (N-methyl/N-ethyl adjacent to an activating group) is 1. The van der Waals surface area contributed by atoms with Gasteiger partial charge in [0, 0.05) is 29.9 Å². The molecule has 3 aromatic rings. The molecule has 1 fully saturated rings. The van der Waals surface area contributed by atoms with Crippen LogP contribution in [0.25, 0.3) is 22.3 Å². The molecule has 184 valence electrons. The Kier molecular flexibility index (Phi) is 7.12. The van der Waals surface area contributed by atoms with E-state index in [4.69, 9.17) is 10.7 Å². The lowest BCUT2D eigenvalue weighted by Gasteiger charge is -2.31. The number of amides is 1. The Bertz CT molecular complexity index is 1190. The highest BCUT2D eigenvalue weighted by atomic mass is 19.4. The molecule has 1 unspecified atom stereocenters. The van der Waals surface area contributed by atoms with Crippen molar-refractivity contribution in [1.29, 1.82) is 0 Å². The second-order valence-corrected chi connectivity index (χ2v) is 8.80. The fourth-order valence-electron chi connectivity index (χ4n) is 4.81. The molecule has 2 aromatic carbocycles. The third-order valence-electron chi connectivity index (χ3n) is 6.58. The number of carbonyl (C=O) groups excluding carboxylic acids is 1. The number of benzene rings is 2. The number of piperidine rings is 1. The average molecular weight is 484 g/mol. The summed E-state index contributed by atoms with van der Waals surface area (Å²) < 4.78 is 41.3. The Morgan fingerprint density at radius 2 is 1.77 bits per heavy atom. The maximum absolute atomic E-state index is 12.5. The molecule has 5 nitrogen and oxygen atoms in total. The van der Waals surface area contributed by atoms with Crippen LogP contribution in [0.4, 0.5) is 13.2 Å². The molecule has 1 amide bonds. The van der Waals surface area contributed by atoms with E-state index in [0.29, 0.717) is 33.7 Å². The first kappa shape index (κ1) is 24.7. The summed E-state index contributed by atoms with van der Waals surface area (Å²) in [5.41, 5.74) is 10.6. The lowest BCUT2D eigenvalue weighted by molar-refractivity contribution is -0.274. The summed E-state index contributed by atoms with van der Waals surface area (Å²) in [6, 6.07) is 13.2. The van der Waals surface area contributed by atoms with Gasteiger partial charge in [0.05, 0.1) is 5.56 Å². The Morgan fingerprint density at radius 1 is 1.09 bits per heavy atom. The van der Waals surface area contributed by atoms with Crippen molar-refractivity contribution < 1.29 is 22.7 Å². The summed E-state index contributed by atoms with van der Waals surface area (Å²) in [6.07, 6.45) is -0.716. The number of hydrogen-bond donors (Lipinski definition) is 1. The fourth-order valence-corrected chi connectivity index (χ4v) is 4.81. The molecule has 1 atom stereocenters. The molecule has 4 rings (SSSR count). The first-order valence-corrected chi connectivity index (χ1v) is 11.6. The largest absolute Gasteiger partial charge is 0.573 e. The van der Waals surface area contributed by atoms with Gasteiger partial charge in [0.2, 0.25) is 5.91 Å². The molecule has 0 radical (unpaired) electrons. The minimum Gasteiger partial charge on any atom is -0.406 e. The van der Waals surface area contributed by atoms with E-state index in [1.807, 2.05) is 18.2 Å². The van der Waals surface area contributed by atoms with Crippen LogP contribution in [-0.4, -0.2) is 41.8 Å². The molecular formula is C27H28F3N3O2. The second-order valence-electron chi connectivity index (χ2n) is 8.80. The SMILES string of the molecule is CCN1CCCC(c2ccc(-c3ccc(-c4ccc(OC(F)(F)F)cc4)c(C)c3C(N)=O)cn2)C1. The molecule has 1 aliphatic rings. The molecule has 2 N–H and O–H groups in total. The molecule has 1 aromatic heterocycles. The van der Waals surface area contributed by atoms with Gasteiger partial charge in [0.1, 0.15) is 5.75 Å². The van der Waals surface area contributed by atoms with Gasteiger partial charge in [-0.3, -0.25) is 9.78 Å². The van der Waals surface area contributed by atoms with Crippen molar-refractivity contribution in [2.75, 3.05) is 19.6 Å². The average Bonchev–Trinajstić information content (AvgIpc) is 2.83. The van der Waals surface area contributed by atoms with Gasteiger partial charge >= 0.3 is 6.36 Å². The first-order chi connectivity index (χ1) is 16.7. The van der Waals surface area contributed by atoms with Gasteiger partial charge in [0.15, 0.2) is 0 Å². The van der Waals surface area contributed by atoms with Crippen LogP contribution in [0, 0.1) is 6.92 Å². The number of alkyl halides is 3. The van der Waals surface area contributed by atoms with Crippen LogP contribution in [0.1, 0.15) is 47.3 Å². The van der Waals surface area contributed by atoms with Gasteiger partial charge in [-0.2, -0.15) is 0 Å². The number of nitrogens with zero attached hydrogens (tertiary/aromatic N) is 2. The summed E-state index contributed by atoms with van der Waals surface area (Å²) in [6.45, 7) is 7.09. The van der Waals surface area contributed by atoms with Crippen LogP contribution in [0.15, 0.2) is 54.7 Å². The van der Waals surface area contributed by atoms with E-state index in [9.17, 15) is 18.0 Å². The number of rotatable bonds is 6. The quantitative estimate of drug-likeness (QED) is 0.473. The zero-order valence-corrected chi connectivity index (χ0v) is 19.7. The maximum Gasteiger partial charge on any atom is 0.573 e. The number of halogens is 3. The molecule has 35 heavy (non-hydrogen) atoms. The van der Waals surface area contributed by atoms with Gasteiger partial charge in [-0.25, -0.2) is 0 Å². The number of ether oxygens (including phenoxy) is 1. The van der Waals surface area contributed by atoms with Crippen molar-refractivity contribution >= 4 is 5.91 Å². The summed E-state index contributed by atoms with van der Waals surface area (Å²) >= 11 is 0. The van der Waals surface area contributed by atoms with E-state index >= 15 is 0 Å². The van der Waals surface area contributed by atoms with E-state index in [-0.39, 0.29) is 5.75 Å². The van der Waals surface area contributed by atoms with Crippen molar-refractivity contribution in [3.63, 3.8) is 0 Å². The molecule has 2 heterocycles. The fraction of sp³-hybridized carbons (Fsp3) is 0.333. The highest BCUT2D eigenvalue weighted by Gasteiger charge is 2.31. The minimum atomic E-state index is -4.76. The molecule has 1 aliphatic heterocycles. The van der Waals surface area contributed by atoms with Crippen molar-refractivity contribution in [1.82, 2.24) is 9.88 Å². The zero-order valence-electron chi connectivity index (χ0n) is 19.7. The maximum atomic E-state index is 12.5. The van der Waals surface area contributed by atoms with Gasteiger partial charge < -0.3 is 15.4 Å². The number of nitrogens with two attached hydrogens (primary N) is 1. The Morgan fingerprint density at radius 3 is 2.37 bits per heavy atom. The summed E-state index contributed by atoms with van der Waals surface area (Å²) in [5.74, 6) is -0.495. The number of carbonyl (C=O) groups is 1. The summed E-state index contributed by atoms with van der Waals surface area (Å²) in [7, 11) is 0. The van der Waals surface area contributed by atoms with Crippen molar-refractivity contribution in [3.05, 3.63) is 71.5 Å². The predicted molar refractivity (Wildman–Crippen MR) is 129 cm³/mol.